The molecule has 1 aliphatic heterocycles. The molecule has 1 saturated heterocycles. The maximum absolute atomic E-state index is 12.9. The molecule has 1 aromatic heterocycles. The van der Waals surface area contributed by atoms with Crippen molar-refractivity contribution in [3.8, 4) is 5.75 Å². The van der Waals surface area contributed by atoms with Crippen LogP contribution in [0.15, 0.2) is 24.4 Å². The molecule has 2 heterocycles. The number of alkyl halides is 3. The molecule has 168 valence electrons. The molecule has 31 heavy (non-hydrogen) atoms. The Morgan fingerprint density at radius 2 is 2.10 bits per heavy atom. The highest BCUT2D eigenvalue weighted by Gasteiger charge is 2.31. The second kappa shape index (κ2) is 9.56. The van der Waals surface area contributed by atoms with E-state index in [4.69, 9.17) is 16.3 Å². The Morgan fingerprint density at radius 1 is 1.32 bits per heavy atom. The van der Waals surface area contributed by atoms with Gasteiger partial charge in [0.2, 0.25) is 5.95 Å². The molecule has 1 fully saturated rings. The quantitative estimate of drug-likeness (QED) is 0.602. The first-order chi connectivity index (χ1) is 14.6. The number of methoxy groups -OCH3 is 1. The van der Waals surface area contributed by atoms with Crippen LogP contribution in [-0.4, -0.2) is 54.7 Å². The Kier molecular flexibility index (Phi) is 7.06. The van der Waals surface area contributed by atoms with Gasteiger partial charge < -0.3 is 20.3 Å². The minimum absolute atomic E-state index is 0.0394. The van der Waals surface area contributed by atoms with E-state index in [1.807, 2.05) is 0 Å². The molecule has 1 atom stereocenters. The van der Waals surface area contributed by atoms with Crippen LogP contribution in [0.1, 0.15) is 12.0 Å². The lowest BCUT2D eigenvalue weighted by Crippen LogP contribution is -2.22. The molecule has 2 amide bonds. The lowest BCUT2D eigenvalue weighted by atomic mass is 10.1. The normalized spacial score (nSPS) is 16.8. The fourth-order valence-electron chi connectivity index (χ4n) is 3.23. The summed E-state index contributed by atoms with van der Waals surface area (Å²) in [5.74, 6) is 1.23. The van der Waals surface area contributed by atoms with Crippen molar-refractivity contribution in [2.24, 2.45) is 5.92 Å². The molecule has 3 rings (SSSR count). The van der Waals surface area contributed by atoms with Gasteiger partial charge in [-0.3, -0.25) is 5.32 Å². The number of anilines is 3. The number of ether oxygens (including phenoxy) is 1. The summed E-state index contributed by atoms with van der Waals surface area (Å²) in [4.78, 5) is 22.7. The van der Waals surface area contributed by atoms with Gasteiger partial charge in [-0.05, 0) is 44.1 Å². The molecular weight excluding hydrogens is 437 g/mol. The summed E-state index contributed by atoms with van der Waals surface area (Å²) in [7, 11) is 3.54. The van der Waals surface area contributed by atoms with Crippen molar-refractivity contribution in [1.82, 2.24) is 14.9 Å². The minimum Gasteiger partial charge on any atom is -0.491 e. The van der Waals surface area contributed by atoms with Crippen molar-refractivity contribution in [2.75, 3.05) is 49.7 Å². The first kappa shape index (κ1) is 22.9. The van der Waals surface area contributed by atoms with Gasteiger partial charge in [0.05, 0.1) is 18.9 Å². The van der Waals surface area contributed by atoms with Gasteiger partial charge in [-0.2, -0.15) is 18.2 Å². The zero-order valence-electron chi connectivity index (χ0n) is 16.9. The van der Waals surface area contributed by atoms with Crippen LogP contribution in [0.5, 0.6) is 5.75 Å². The smallest absolute Gasteiger partial charge is 0.416 e. The summed E-state index contributed by atoms with van der Waals surface area (Å²) >= 11 is 5.73. The predicted molar refractivity (Wildman–Crippen MR) is 112 cm³/mol. The van der Waals surface area contributed by atoms with Gasteiger partial charge in [0.25, 0.3) is 0 Å². The summed E-state index contributed by atoms with van der Waals surface area (Å²) in [6.07, 6.45) is -2.14. The molecule has 0 radical (unpaired) electrons. The molecule has 8 nitrogen and oxygen atoms in total. The van der Waals surface area contributed by atoms with Crippen LogP contribution in [0.4, 0.5) is 35.4 Å². The number of likely N-dealkylation sites (tertiary alicyclic amines) is 1. The molecule has 1 unspecified atom stereocenters. The van der Waals surface area contributed by atoms with E-state index < -0.39 is 17.8 Å². The van der Waals surface area contributed by atoms with Crippen molar-refractivity contribution in [3.63, 3.8) is 0 Å². The summed E-state index contributed by atoms with van der Waals surface area (Å²) in [5.41, 5.74) is -1.09. The van der Waals surface area contributed by atoms with Gasteiger partial charge in [0.1, 0.15) is 0 Å². The summed E-state index contributed by atoms with van der Waals surface area (Å²) in [6.45, 7) is 2.67. The van der Waals surface area contributed by atoms with Crippen molar-refractivity contribution in [2.45, 2.75) is 12.6 Å². The Hall–Kier alpha value is -2.79. The average molecular weight is 459 g/mol. The van der Waals surface area contributed by atoms with Crippen molar-refractivity contribution < 1.29 is 22.7 Å². The van der Waals surface area contributed by atoms with E-state index in [2.05, 4.69) is 37.9 Å². The number of amides is 2. The number of carbonyl (C=O) groups excluding carboxylic acids is 1. The third kappa shape index (κ3) is 6.34. The first-order valence-electron chi connectivity index (χ1n) is 9.43. The van der Waals surface area contributed by atoms with Crippen molar-refractivity contribution in [3.05, 3.63) is 35.0 Å². The minimum atomic E-state index is -4.59. The van der Waals surface area contributed by atoms with Crippen LogP contribution in [-0.2, 0) is 6.18 Å². The number of nitrogens with zero attached hydrogens (tertiary/aromatic N) is 3. The van der Waals surface area contributed by atoms with E-state index in [0.29, 0.717) is 24.0 Å². The number of halogens is 4. The number of nitrogens with one attached hydrogen (secondary N) is 3. The standard InChI is InChI=1S/C19H22ClF3N6O2/c1-29-4-3-11(10-29)8-24-16-15(31-2)9-25-17(27-16)28-18(30)26-14-6-12(19(21,22)23)5-13(20)7-14/h5-7,9,11H,3-4,8,10H2,1-2H3,(H3,24,25,26,27,28,30). The van der Waals surface area contributed by atoms with Crippen LogP contribution >= 0.6 is 11.6 Å². The van der Waals surface area contributed by atoms with Crippen LogP contribution in [0, 0.1) is 5.92 Å². The lowest BCUT2D eigenvalue weighted by Gasteiger charge is -2.15. The molecule has 3 N–H and O–H groups in total. The molecule has 12 heteroatoms. The Labute approximate surface area is 182 Å². The molecule has 0 saturated carbocycles. The number of carbonyl (C=O) groups is 1. The van der Waals surface area contributed by atoms with E-state index in [1.165, 1.54) is 19.4 Å². The van der Waals surface area contributed by atoms with Crippen LogP contribution in [0.25, 0.3) is 0 Å². The third-order valence-corrected chi connectivity index (χ3v) is 4.95. The number of urea groups is 1. The van der Waals surface area contributed by atoms with Crippen LogP contribution < -0.4 is 20.7 Å². The summed E-state index contributed by atoms with van der Waals surface area (Å²) in [5, 5.41) is 7.74. The SMILES string of the molecule is COc1cnc(NC(=O)Nc2cc(Cl)cc(C(F)(F)F)c2)nc1NCC1CCN(C)C1. The number of hydrogen-bond acceptors (Lipinski definition) is 6. The van der Waals surface area contributed by atoms with Gasteiger partial charge in [-0.15, -0.1) is 0 Å². The predicted octanol–water partition coefficient (Wildman–Crippen LogP) is 4.17. The van der Waals surface area contributed by atoms with E-state index in [-0.39, 0.29) is 16.7 Å². The van der Waals surface area contributed by atoms with Crippen molar-refractivity contribution in [1.29, 1.82) is 0 Å². The van der Waals surface area contributed by atoms with Crippen LogP contribution in [0.2, 0.25) is 5.02 Å². The number of rotatable bonds is 6. The van der Waals surface area contributed by atoms with E-state index in [0.717, 1.165) is 31.6 Å². The second-order valence-corrected chi connectivity index (χ2v) is 7.65. The largest absolute Gasteiger partial charge is 0.491 e. The average Bonchev–Trinajstić information content (AvgIpc) is 3.10. The van der Waals surface area contributed by atoms with Gasteiger partial charge in [-0.25, -0.2) is 9.78 Å². The monoisotopic (exact) mass is 458 g/mol. The number of aromatic nitrogens is 2. The molecule has 0 bridgehead atoms. The summed E-state index contributed by atoms with van der Waals surface area (Å²) in [6, 6.07) is 1.95. The second-order valence-electron chi connectivity index (χ2n) is 7.21. The fourth-order valence-corrected chi connectivity index (χ4v) is 3.47. The molecule has 0 aliphatic carbocycles. The Balaban J connectivity index is 1.66. The molecule has 0 spiro atoms. The lowest BCUT2D eigenvalue weighted by molar-refractivity contribution is -0.137. The highest BCUT2D eigenvalue weighted by atomic mass is 35.5. The van der Waals surface area contributed by atoms with Crippen LogP contribution in [0.3, 0.4) is 0 Å². The highest BCUT2D eigenvalue weighted by molar-refractivity contribution is 6.31. The van der Waals surface area contributed by atoms with Gasteiger partial charge in [0, 0.05) is 23.8 Å². The van der Waals surface area contributed by atoms with E-state index in [9.17, 15) is 18.0 Å². The molecule has 1 aliphatic rings. The summed E-state index contributed by atoms with van der Waals surface area (Å²) < 4.78 is 44.0. The number of hydrogen-bond donors (Lipinski definition) is 3. The first-order valence-corrected chi connectivity index (χ1v) is 9.81. The van der Waals surface area contributed by atoms with E-state index in [1.54, 1.807) is 0 Å². The molecule has 2 aromatic rings. The van der Waals surface area contributed by atoms with E-state index >= 15 is 0 Å². The fraction of sp³-hybridized carbons (Fsp3) is 0.421. The topological polar surface area (TPSA) is 91.4 Å². The maximum Gasteiger partial charge on any atom is 0.416 e. The Morgan fingerprint density at radius 3 is 2.74 bits per heavy atom. The zero-order valence-corrected chi connectivity index (χ0v) is 17.6. The highest BCUT2D eigenvalue weighted by Crippen LogP contribution is 2.33. The Bertz CT molecular complexity index is 943. The molecule has 1 aromatic carbocycles. The van der Waals surface area contributed by atoms with Gasteiger partial charge in [0.15, 0.2) is 11.6 Å². The third-order valence-electron chi connectivity index (χ3n) is 4.73. The van der Waals surface area contributed by atoms with Gasteiger partial charge >= 0.3 is 12.2 Å². The zero-order chi connectivity index (χ0) is 22.6. The van der Waals surface area contributed by atoms with Gasteiger partial charge in [-0.1, -0.05) is 11.6 Å². The molecular formula is C19H22ClF3N6O2. The number of benzene rings is 1. The maximum atomic E-state index is 12.9. The van der Waals surface area contributed by atoms with Crippen molar-refractivity contribution >= 4 is 35.1 Å².